The number of nitrogens with one attached hydrogen (secondary N) is 1. The first-order valence-corrected chi connectivity index (χ1v) is 6.38. The molecule has 5 heteroatoms. The lowest BCUT2D eigenvalue weighted by atomic mass is 9.84. The van der Waals surface area contributed by atoms with Crippen LogP contribution in [-0.4, -0.2) is 22.7 Å². The molecule has 19 heavy (non-hydrogen) atoms. The van der Waals surface area contributed by atoms with Crippen molar-refractivity contribution in [1.29, 1.82) is 0 Å². The fourth-order valence-electron chi connectivity index (χ4n) is 1.92. The SMILES string of the molecule is Cc1ccc([N+](=O)[O-])cc1NC(CCO)C(C)(C)C. The molecule has 106 valence electrons. The second-order valence-electron chi connectivity index (χ2n) is 5.83. The Labute approximate surface area is 113 Å². The predicted molar refractivity (Wildman–Crippen MR) is 76.4 cm³/mol. The van der Waals surface area contributed by atoms with Crippen LogP contribution in [-0.2, 0) is 0 Å². The molecule has 5 nitrogen and oxygen atoms in total. The Kier molecular flexibility index (Phi) is 4.89. The van der Waals surface area contributed by atoms with Crippen LogP contribution in [0.5, 0.6) is 0 Å². The number of non-ortho nitro benzene ring substituents is 1. The molecular weight excluding hydrogens is 244 g/mol. The highest BCUT2D eigenvalue weighted by Gasteiger charge is 2.24. The zero-order valence-corrected chi connectivity index (χ0v) is 11.9. The van der Waals surface area contributed by atoms with Gasteiger partial charge in [-0.1, -0.05) is 26.8 Å². The monoisotopic (exact) mass is 266 g/mol. The standard InChI is InChI=1S/C14H22N2O3/c1-10-5-6-11(16(18)19)9-12(10)15-13(7-8-17)14(2,3)4/h5-6,9,13,15,17H,7-8H2,1-4H3. The lowest BCUT2D eigenvalue weighted by molar-refractivity contribution is -0.384. The summed E-state index contributed by atoms with van der Waals surface area (Å²) in [5.41, 5.74) is 1.74. The average Bonchev–Trinajstić information content (AvgIpc) is 2.29. The van der Waals surface area contributed by atoms with Gasteiger partial charge in [-0.15, -0.1) is 0 Å². The van der Waals surface area contributed by atoms with Crippen molar-refractivity contribution in [3.05, 3.63) is 33.9 Å². The quantitative estimate of drug-likeness (QED) is 0.634. The van der Waals surface area contributed by atoms with Crippen molar-refractivity contribution in [2.75, 3.05) is 11.9 Å². The molecule has 1 aromatic rings. The molecule has 0 amide bonds. The Balaban J connectivity index is 3.01. The maximum atomic E-state index is 10.8. The van der Waals surface area contributed by atoms with Crippen LogP contribution in [0.15, 0.2) is 18.2 Å². The van der Waals surface area contributed by atoms with Crippen molar-refractivity contribution in [3.8, 4) is 0 Å². The van der Waals surface area contributed by atoms with Crippen molar-refractivity contribution in [2.45, 2.75) is 40.2 Å². The van der Waals surface area contributed by atoms with Crippen LogP contribution in [0.2, 0.25) is 0 Å². The molecule has 0 spiro atoms. The van der Waals surface area contributed by atoms with Crippen LogP contribution in [0.4, 0.5) is 11.4 Å². The van der Waals surface area contributed by atoms with E-state index in [9.17, 15) is 10.1 Å². The second-order valence-corrected chi connectivity index (χ2v) is 5.83. The van der Waals surface area contributed by atoms with Crippen LogP contribution in [0.25, 0.3) is 0 Å². The van der Waals surface area contributed by atoms with Gasteiger partial charge in [-0.3, -0.25) is 10.1 Å². The van der Waals surface area contributed by atoms with Gasteiger partial charge in [-0.05, 0) is 24.3 Å². The Hall–Kier alpha value is -1.62. The van der Waals surface area contributed by atoms with Crippen LogP contribution >= 0.6 is 0 Å². The third-order valence-corrected chi connectivity index (χ3v) is 3.22. The smallest absolute Gasteiger partial charge is 0.271 e. The first-order valence-electron chi connectivity index (χ1n) is 6.38. The summed E-state index contributed by atoms with van der Waals surface area (Å²) >= 11 is 0. The molecule has 1 atom stereocenters. The normalized spacial score (nSPS) is 13.1. The molecule has 0 saturated heterocycles. The van der Waals surface area contributed by atoms with Crippen molar-refractivity contribution >= 4 is 11.4 Å². The number of nitro benzene ring substituents is 1. The van der Waals surface area contributed by atoms with E-state index in [1.165, 1.54) is 6.07 Å². The van der Waals surface area contributed by atoms with Gasteiger partial charge < -0.3 is 10.4 Å². The van der Waals surface area contributed by atoms with E-state index in [0.717, 1.165) is 11.3 Å². The van der Waals surface area contributed by atoms with Gasteiger partial charge in [0, 0.05) is 30.5 Å². The van der Waals surface area contributed by atoms with Gasteiger partial charge in [0.25, 0.3) is 5.69 Å². The number of aryl methyl sites for hydroxylation is 1. The molecule has 0 radical (unpaired) electrons. The van der Waals surface area contributed by atoms with E-state index in [-0.39, 0.29) is 23.8 Å². The summed E-state index contributed by atoms with van der Waals surface area (Å²) in [6.07, 6.45) is 0.603. The van der Waals surface area contributed by atoms with E-state index < -0.39 is 4.92 Å². The summed E-state index contributed by atoms with van der Waals surface area (Å²) in [6.45, 7) is 8.22. The van der Waals surface area contributed by atoms with E-state index in [1.807, 2.05) is 6.92 Å². The molecule has 0 fully saturated rings. The number of rotatable bonds is 5. The first-order chi connectivity index (χ1) is 8.75. The summed E-state index contributed by atoms with van der Waals surface area (Å²) in [5.74, 6) is 0. The average molecular weight is 266 g/mol. The lowest BCUT2D eigenvalue weighted by Crippen LogP contribution is -2.35. The summed E-state index contributed by atoms with van der Waals surface area (Å²) in [4.78, 5) is 10.4. The van der Waals surface area contributed by atoms with Crippen molar-refractivity contribution < 1.29 is 10.0 Å². The fraction of sp³-hybridized carbons (Fsp3) is 0.571. The maximum absolute atomic E-state index is 10.8. The second kappa shape index (κ2) is 6.02. The van der Waals surface area contributed by atoms with E-state index in [4.69, 9.17) is 5.11 Å². The van der Waals surface area contributed by atoms with Crippen LogP contribution in [0, 0.1) is 22.5 Å². The molecule has 0 saturated carbocycles. The van der Waals surface area contributed by atoms with Crippen molar-refractivity contribution in [3.63, 3.8) is 0 Å². The molecule has 0 aromatic heterocycles. The first kappa shape index (κ1) is 15.4. The molecule has 1 aromatic carbocycles. The summed E-state index contributed by atoms with van der Waals surface area (Å²) < 4.78 is 0. The molecule has 1 unspecified atom stereocenters. The topological polar surface area (TPSA) is 75.4 Å². The van der Waals surface area contributed by atoms with Crippen LogP contribution in [0.1, 0.15) is 32.8 Å². The van der Waals surface area contributed by atoms with Gasteiger partial charge in [0.1, 0.15) is 0 Å². The highest BCUT2D eigenvalue weighted by molar-refractivity contribution is 5.57. The zero-order chi connectivity index (χ0) is 14.6. The molecule has 1 rings (SSSR count). The third-order valence-electron chi connectivity index (χ3n) is 3.22. The number of hydrogen-bond donors (Lipinski definition) is 2. The molecule has 2 N–H and O–H groups in total. The van der Waals surface area contributed by atoms with Gasteiger partial charge in [0.2, 0.25) is 0 Å². The van der Waals surface area contributed by atoms with Gasteiger partial charge in [-0.25, -0.2) is 0 Å². The summed E-state index contributed by atoms with van der Waals surface area (Å²) in [5, 5.41) is 23.3. The summed E-state index contributed by atoms with van der Waals surface area (Å²) in [6, 6.07) is 4.83. The zero-order valence-electron chi connectivity index (χ0n) is 11.9. The highest BCUT2D eigenvalue weighted by atomic mass is 16.6. The van der Waals surface area contributed by atoms with E-state index in [0.29, 0.717) is 6.42 Å². The molecule has 0 heterocycles. The summed E-state index contributed by atoms with van der Waals surface area (Å²) in [7, 11) is 0. The van der Waals surface area contributed by atoms with Crippen molar-refractivity contribution in [1.82, 2.24) is 0 Å². The fourth-order valence-corrected chi connectivity index (χ4v) is 1.92. The van der Waals surface area contributed by atoms with E-state index in [1.54, 1.807) is 12.1 Å². The Morgan fingerprint density at radius 1 is 1.42 bits per heavy atom. The minimum atomic E-state index is -0.400. The minimum Gasteiger partial charge on any atom is -0.396 e. The number of hydrogen-bond acceptors (Lipinski definition) is 4. The van der Waals surface area contributed by atoms with Crippen molar-refractivity contribution in [2.24, 2.45) is 5.41 Å². The number of anilines is 1. The largest absolute Gasteiger partial charge is 0.396 e. The number of nitrogens with zero attached hydrogens (tertiary/aromatic N) is 1. The molecule has 0 aliphatic heterocycles. The number of benzene rings is 1. The number of aliphatic hydroxyl groups is 1. The number of aliphatic hydroxyl groups excluding tert-OH is 1. The van der Waals surface area contributed by atoms with Crippen LogP contribution < -0.4 is 5.32 Å². The van der Waals surface area contributed by atoms with Gasteiger partial charge in [0.15, 0.2) is 0 Å². The Morgan fingerprint density at radius 3 is 2.53 bits per heavy atom. The lowest BCUT2D eigenvalue weighted by Gasteiger charge is -2.32. The van der Waals surface area contributed by atoms with Gasteiger partial charge >= 0.3 is 0 Å². The Bertz CT molecular complexity index is 452. The highest BCUT2D eigenvalue weighted by Crippen LogP contribution is 2.29. The minimum absolute atomic E-state index is 0.0419. The molecule has 0 bridgehead atoms. The maximum Gasteiger partial charge on any atom is 0.271 e. The predicted octanol–water partition coefficient (Wildman–Crippen LogP) is 3.11. The third kappa shape index (κ3) is 4.21. The molecule has 0 aliphatic rings. The van der Waals surface area contributed by atoms with E-state index in [2.05, 4.69) is 26.1 Å². The van der Waals surface area contributed by atoms with E-state index >= 15 is 0 Å². The van der Waals surface area contributed by atoms with Crippen LogP contribution in [0.3, 0.4) is 0 Å². The number of nitro groups is 1. The van der Waals surface area contributed by atoms with Gasteiger partial charge in [0.05, 0.1) is 4.92 Å². The molecular formula is C14H22N2O3. The molecule has 0 aliphatic carbocycles. The Morgan fingerprint density at radius 2 is 2.05 bits per heavy atom. The van der Waals surface area contributed by atoms with Gasteiger partial charge in [-0.2, -0.15) is 0 Å².